The van der Waals surface area contributed by atoms with Crippen LogP contribution in [0.4, 0.5) is 0 Å². The predicted molar refractivity (Wildman–Crippen MR) is 93.7 cm³/mol. The van der Waals surface area contributed by atoms with Crippen LogP contribution in [0.2, 0.25) is 0 Å². The summed E-state index contributed by atoms with van der Waals surface area (Å²) in [4.78, 5) is 23.4. The summed E-state index contributed by atoms with van der Waals surface area (Å²) < 4.78 is 6.90. The predicted octanol–water partition coefficient (Wildman–Crippen LogP) is 2.66. The molecule has 0 spiro atoms. The van der Waals surface area contributed by atoms with E-state index in [1.165, 1.54) is 13.2 Å². The van der Waals surface area contributed by atoms with E-state index in [4.69, 9.17) is 4.74 Å². The zero-order valence-corrected chi connectivity index (χ0v) is 13.7. The highest BCUT2D eigenvalue weighted by molar-refractivity contribution is 5.91. The Morgan fingerprint density at radius 2 is 1.96 bits per heavy atom. The van der Waals surface area contributed by atoms with Gasteiger partial charge in [0, 0.05) is 18.3 Å². The summed E-state index contributed by atoms with van der Waals surface area (Å²) in [5.74, 6) is -0.917. The monoisotopic (exact) mass is 338 g/mol. The Labute approximate surface area is 144 Å². The highest BCUT2D eigenvalue weighted by atomic mass is 16.5. The number of aromatic carboxylic acids is 1. The summed E-state index contributed by atoms with van der Waals surface area (Å²) in [6.45, 7) is 0.456. The van der Waals surface area contributed by atoms with Crippen LogP contribution in [-0.2, 0) is 17.9 Å². The van der Waals surface area contributed by atoms with Crippen molar-refractivity contribution in [1.82, 2.24) is 9.88 Å². The highest BCUT2D eigenvalue weighted by Gasteiger charge is 2.12. The Morgan fingerprint density at radius 3 is 2.72 bits per heavy atom. The average Bonchev–Trinajstić information content (AvgIpc) is 3.02. The van der Waals surface area contributed by atoms with E-state index in [1.807, 2.05) is 41.1 Å². The SMILES string of the molecule is COc1ccc(CNC(=O)Cn2ccc3ccccc32)cc1C(=O)O. The Bertz CT molecular complexity index is 930. The van der Waals surface area contributed by atoms with E-state index in [2.05, 4.69) is 5.32 Å². The number of ether oxygens (including phenoxy) is 1. The lowest BCUT2D eigenvalue weighted by molar-refractivity contribution is -0.121. The summed E-state index contributed by atoms with van der Waals surface area (Å²) in [5, 5.41) is 13.1. The molecule has 6 nitrogen and oxygen atoms in total. The van der Waals surface area contributed by atoms with Crippen LogP contribution in [0.1, 0.15) is 15.9 Å². The zero-order valence-electron chi connectivity index (χ0n) is 13.7. The van der Waals surface area contributed by atoms with Crippen LogP contribution in [0.15, 0.2) is 54.7 Å². The van der Waals surface area contributed by atoms with Crippen molar-refractivity contribution in [3.63, 3.8) is 0 Å². The number of nitrogens with one attached hydrogen (secondary N) is 1. The number of fused-ring (bicyclic) bond motifs is 1. The van der Waals surface area contributed by atoms with E-state index < -0.39 is 5.97 Å². The van der Waals surface area contributed by atoms with Crippen LogP contribution in [0.3, 0.4) is 0 Å². The van der Waals surface area contributed by atoms with E-state index in [0.717, 1.165) is 10.9 Å². The van der Waals surface area contributed by atoms with Crippen LogP contribution >= 0.6 is 0 Å². The first kappa shape index (κ1) is 16.6. The molecule has 6 heteroatoms. The number of benzene rings is 2. The molecule has 0 bridgehead atoms. The maximum Gasteiger partial charge on any atom is 0.339 e. The van der Waals surface area contributed by atoms with E-state index in [1.54, 1.807) is 12.1 Å². The Morgan fingerprint density at radius 1 is 1.16 bits per heavy atom. The lowest BCUT2D eigenvalue weighted by atomic mass is 10.1. The van der Waals surface area contributed by atoms with Crippen molar-refractivity contribution in [1.29, 1.82) is 0 Å². The van der Waals surface area contributed by atoms with Gasteiger partial charge in [-0.25, -0.2) is 4.79 Å². The number of nitrogens with zero attached hydrogens (tertiary/aromatic N) is 1. The number of aromatic nitrogens is 1. The molecule has 1 aromatic heterocycles. The lowest BCUT2D eigenvalue weighted by Gasteiger charge is -2.10. The molecule has 1 heterocycles. The minimum atomic E-state index is -1.07. The van der Waals surface area contributed by atoms with Gasteiger partial charge >= 0.3 is 5.97 Å². The minimum absolute atomic E-state index is 0.0747. The van der Waals surface area contributed by atoms with Gasteiger partial charge in [0.15, 0.2) is 0 Å². The third-order valence-corrected chi connectivity index (χ3v) is 3.98. The first-order valence-corrected chi connectivity index (χ1v) is 7.79. The molecule has 128 valence electrons. The van der Waals surface area contributed by atoms with E-state index in [9.17, 15) is 14.7 Å². The van der Waals surface area contributed by atoms with Crippen LogP contribution in [0.25, 0.3) is 10.9 Å². The molecule has 1 amide bonds. The van der Waals surface area contributed by atoms with Crippen molar-refractivity contribution in [2.45, 2.75) is 13.1 Å². The first-order chi connectivity index (χ1) is 12.1. The third kappa shape index (κ3) is 3.63. The molecule has 3 aromatic rings. The van der Waals surface area contributed by atoms with Gasteiger partial charge in [0.2, 0.25) is 5.91 Å². The minimum Gasteiger partial charge on any atom is -0.496 e. The molecule has 0 aliphatic carbocycles. The molecular formula is C19H18N2O4. The second-order valence-electron chi connectivity index (χ2n) is 5.62. The van der Waals surface area contributed by atoms with Crippen molar-refractivity contribution in [3.8, 4) is 5.75 Å². The zero-order chi connectivity index (χ0) is 17.8. The molecule has 25 heavy (non-hydrogen) atoms. The normalized spacial score (nSPS) is 10.6. The number of amides is 1. The maximum absolute atomic E-state index is 12.2. The van der Waals surface area contributed by atoms with Crippen molar-refractivity contribution >= 4 is 22.8 Å². The molecule has 0 fully saturated rings. The topological polar surface area (TPSA) is 80.6 Å². The van der Waals surface area contributed by atoms with Crippen LogP contribution in [0, 0.1) is 0 Å². The molecule has 0 aliphatic rings. The number of rotatable bonds is 6. The van der Waals surface area contributed by atoms with Gasteiger partial charge < -0.3 is 19.7 Å². The number of methoxy groups -OCH3 is 1. The quantitative estimate of drug-likeness (QED) is 0.724. The summed E-state index contributed by atoms with van der Waals surface area (Å²) in [7, 11) is 1.42. The molecular weight excluding hydrogens is 320 g/mol. The molecule has 2 N–H and O–H groups in total. The Hall–Kier alpha value is -3.28. The van der Waals surface area contributed by atoms with Gasteiger partial charge in [0.05, 0.1) is 7.11 Å². The summed E-state index contributed by atoms with van der Waals surface area (Å²) >= 11 is 0. The van der Waals surface area contributed by atoms with Crippen molar-refractivity contribution < 1.29 is 19.4 Å². The van der Waals surface area contributed by atoms with Crippen LogP contribution in [0.5, 0.6) is 5.75 Å². The van der Waals surface area contributed by atoms with Gasteiger partial charge in [-0.15, -0.1) is 0 Å². The number of carboxylic acid groups (broad SMARTS) is 1. The Balaban J connectivity index is 1.66. The van der Waals surface area contributed by atoms with Gasteiger partial charge in [-0.1, -0.05) is 24.3 Å². The third-order valence-electron chi connectivity index (χ3n) is 3.98. The molecule has 2 aromatic carbocycles. The summed E-state index contributed by atoms with van der Waals surface area (Å²) in [5.41, 5.74) is 1.77. The fourth-order valence-electron chi connectivity index (χ4n) is 2.72. The molecule has 0 aliphatic heterocycles. The lowest BCUT2D eigenvalue weighted by Crippen LogP contribution is -2.26. The van der Waals surface area contributed by atoms with Gasteiger partial charge in [-0.3, -0.25) is 4.79 Å². The standard InChI is InChI=1S/C19H18N2O4/c1-25-17-7-6-13(10-15(17)19(23)24)11-20-18(22)12-21-9-8-14-4-2-3-5-16(14)21/h2-10H,11-12H2,1H3,(H,20,22)(H,23,24). The molecule has 0 saturated heterocycles. The van der Waals surface area contributed by atoms with E-state index in [-0.39, 0.29) is 24.6 Å². The second kappa shape index (κ2) is 7.09. The summed E-state index contributed by atoms with van der Waals surface area (Å²) in [6, 6.07) is 14.6. The van der Waals surface area contributed by atoms with Gasteiger partial charge in [-0.2, -0.15) is 0 Å². The Kier molecular flexibility index (Phi) is 4.70. The largest absolute Gasteiger partial charge is 0.496 e. The number of carbonyl (C=O) groups excluding carboxylic acids is 1. The molecule has 0 radical (unpaired) electrons. The number of para-hydroxylation sites is 1. The average molecular weight is 338 g/mol. The van der Waals surface area contributed by atoms with Gasteiger partial charge in [0.25, 0.3) is 0 Å². The smallest absolute Gasteiger partial charge is 0.339 e. The molecule has 0 atom stereocenters. The number of hydrogen-bond acceptors (Lipinski definition) is 3. The second-order valence-corrected chi connectivity index (χ2v) is 5.62. The molecule has 0 unspecified atom stereocenters. The van der Waals surface area contributed by atoms with Crippen LogP contribution < -0.4 is 10.1 Å². The van der Waals surface area contributed by atoms with Gasteiger partial charge in [-0.05, 0) is 35.2 Å². The fourth-order valence-corrected chi connectivity index (χ4v) is 2.72. The van der Waals surface area contributed by atoms with Crippen molar-refractivity contribution in [2.24, 2.45) is 0 Å². The van der Waals surface area contributed by atoms with Crippen molar-refractivity contribution in [2.75, 3.05) is 7.11 Å². The van der Waals surface area contributed by atoms with Gasteiger partial charge in [0.1, 0.15) is 17.9 Å². The number of carboxylic acids is 1. The van der Waals surface area contributed by atoms with Crippen molar-refractivity contribution in [3.05, 3.63) is 65.9 Å². The first-order valence-electron chi connectivity index (χ1n) is 7.79. The number of hydrogen-bond donors (Lipinski definition) is 2. The summed E-state index contributed by atoms with van der Waals surface area (Å²) in [6.07, 6.45) is 1.88. The van der Waals surface area contributed by atoms with E-state index >= 15 is 0 Å². The maximum atomic E-state index is 12.2. The number of carbonyl (C=O) groups is 2. The van der Waals surface area contributed by atoms with Crippen LogP contribution in [-0.4, -0.2) is 28.7 Å². The molecule has 0 saturated carbocycles. The highest BCUT2D eigenvalue weighted by Crippen LogP contribution is 2.20. The molecule has 3 rings (SSSR count). The van der Waals surface area contributed by atoms with E-state index in [0.29, 0.717) is 11.3 Å². The fraction of sp³-hybridized carbons (Fsp3) is 0.158.